The van der Waals surface area contributed by atoms with Gasteiger partial charge in [-0.1, -0.05) is 0 Å². The van der Waals surface area contributed by atoms with Crippen molar-refractivity contribution in [1.29, 1.82) is 0 Å². The molecule has 104 valence electrons. The van der Waals surface area contributed by atoms with Crippen molar-refractivity contribution in [2.45, 2.75) is 20.4 Å². The molecule has 0 unspecified atom stereocenters. The molecule has 0 atom stereocenters. The second-order valence-corrected chi connectivity index (χ2v) is 3.86. The molecule has 19 heavy (non-hydrogen) atoms. The first-order chi connectivity index (χ1) is 8.73. The van der Waals surface area contributed by atoms with E-state index in [9.17, 15) is 24.6 Å². The molecule has 0 aromatic carbocycles. The molecular weight excluding hydrogens is 282 g/mol. The number of halogens is 1. The summed E-state index contributed by atoms with van der Waals surface area (Å²) < 4.78 is 9.87. The third kappa shape index (κ3) is 3.38. The van der Waals surface area contributed by atoms with Crippen LogP contribution in [-0.2, 0) is 20.9 Å². The largest absolute Gasteiger partial charge is 0.492 e. The second kappa shape index (κ2) is 5.61. The lowest BCUT2D eigenvalue weighted by molar-refractivity contribution is -0.134. The maximum atomic E-state index is 10.9. The Labute approximate surface area is 112 Å². The molecule has 1 aromatic heterocycles. The van der Waals surface area contributed by atoms with Gasteiger partial charge in [0.15, 0.2) is 0 Å². The number of rotatable bonds is 4. The van der Waals surface area contributed by atoms with Gasteiger partial charge in [-0.3, -0.25) is 19.0 Å². The zero-order valence-corrected chi connectivity index (χ0v) is 10.7. The molecule has 0 saturated heterocycles. The van der Waals surface area contributed by atoms with Crippen LogP contribution in [0.4, 0.5) is 0 Å². The Bertz CT molecular complexity index is 509. The summed E-state index contributed by atoms with van der Waals surface area (Å²) in [6, 6.07) is 0. The quantitative estimate of drug-likeness (QED) is 0.613. The molecule has 1 heterocycles. The number of carbonyl (C=O) groups excluding carboxylic acids is 3. The van der Waals surface area contributed by atoms with Crippen molar-refractivity contribution in [2.75, 3.05) is 0 Å². The summed E-state index contributed by atoms with van der Waals surface area (Å²) in [7, 11) is 0. The second-order valence-electron chi connectivity index (χ2n) is 3.43. The zero-order valence-electron chi connectivity index (χ0n) is 9.97. The van der Waals surface area contributed by atoms with Crippen molar-refractivity contribution in [2.24, 2.45) is 0 Å². The van der Waals surface area contributed by atoms with Crippen LogP contribution in [0.25, 0.3) is 0 Å². The van der Waals surface area contributed by atoms with Gasteiger partial charge < -0.3 is 19.7 Å². The fourth-order valence-electron chi connectivity index (χ4n) is 1.29. The Kier molecular flexibility index (Phi) is 4.38. The zero-order chi connectivity index (χ0) is 14.7. The lowest BCUT2D eigenvalue weighted by Crippen LogP contribution is -2.05. The highest BCUT2D eigenvalue weighted by Gasteiger charge is 2.28. The van der Waals surface area contributed by atoms with Crippen LogP contribution in [0.1, 0.15) is 13.8 Å². The first-order valence-electron chi connectivity index (χ1n) is 4.93. The van der Waals surface area contributed by atoms with Crippen LogP contribution in [0.2, 0.25) is 0 Å². The van der Waals surface area contributed by atoms with E-state index in [-0.39, 0.29) is 0 Å². The number of aromatic hydroxyl groups is 2. The van der Waals surface area contributed by atoms with E-state index in [1.165, 1.54) is 0 Å². The maximum absolute atomic E-state index is 10.9. The van der Waals surface area contributed by atoms with Gasteiger partial charge in [0.1, 0.15) is 6.54 Å². The molecule has 0 saturated carbocycles. The summed E-state index contributed by atoms with van der Waals surface area (Å²) in [4.78, 5) is 32.6. The predicted octanol–water partition coefficient (Wildman–Crippen LogP) is 0.515. The highest BCUT2D eigenvalue weighted by molar-refractivity contribution is 6.63. The number of carbonyl (C=O) groups is 3. The SMILES string of the molecule is CC(=O)Oc1c(OC(C)=O)c(O)n(CC(=O)Cl)c1O. The molecule has 1 aromatic rings. The predicted molar refractivity (Wildman–Crippen MR) is 61.2 cm³/mol. The molecule has 2 N–H and O–H groups in total. The fourth-order valence-corrected chi connectivity index (χ4v) is 1.41. The van der Waals surface area contributed by atoms with E-state index in [0.717, 1.165) is 13.8 Å². The average molecular weight is 292 g/mol. The topological polar surface area (TPSA) is 115 Å². The molecule has 0 bridgehead atoms. The molecular formula is C10H10ClNO7. The highest BCUT2D eigenvalue weighted by atomic mass is 35.5. The molecule has 0 aliphatic heterocycles. The lowest BCUT2D eigenvalue weighted by atomic mass is 10.5. The van der Waals surface area contributed by atoms with Crippen LogP contribution in [0.15, 0.2) is 0 Å². The molecule has 0 aliphatic carbocycles. The Morgan fingerprint density at radius 2 is 1.42 bits per heavy atom. The summed E-state index contributed by atoms with van der Waals surface area (Å²) in [5, 5.41) is 18.6. The fraction of sp³-hybridized carbons (Fsp3) is 0.300. The molecule has 0 radical (unpaired) electrons. The minimum atomic E-state index is -0.899. The first-order valence-corrected chi connectivity index (χ1v) is 5.31. The number of esters is 2. The smallest absolute Gasteiger partial charge is 0.308 e. The Morgan fingerprint density at radius 3 is 1.68 bits per heavy atom. The van der Waals surface area contributed by atoms with Gasteiger partial charge in [0.2, 0.25) is 28.5 Å². The van der Waals surface area contributed by atoms with Crippen molar-refractivity contribution < 1.29 is 34.1 Å². The van der Waals surface area contributed by atoms with Gasteiger partial charge in [-0.2, -0.15) is 0 Å². The third-order valence-corrected chi connectivity index (χ3v) is 2.02. The van der Waals surface area contributed by atoms with Crippen LogP contribution in [-0.4, -0.2) is 32.0 Å². The maximum Gasteiger partial charge on any atom is 0.308 e. The number of ether oxygens (including phenoxy) is 2. The van der Waals surface area contributed by atoms with E-state index < -0.39 is 47.0 Å². The van der Waals surface area contributed by atoms with Crippen molar-refractivity contribution in [3.63, 3.8) is 0 Å². The number of hydrogen-bond acceptors (Lipinski definition) is 7. The van der Waals surface area contributed by atoms with Crippen LogP contribution in [0, 0.1) is 0 Å². The molecule has 0 aliphatic rings. The van der Waals surface area contributed by atoms with Crippen LogP contribution in [0.5, 0.6) is 23.3 Å². The Balaban J connectivity index is 3.36. The van der Waals surface area contributed by atoms with E-state index >= 15 is 0 Å². The van der Waals surface area contributed by atoms with Gasteiger partial charge in [-0.05, 0) is 11.6 Å². The summed E-state index contributed by atoms with van der Waals surface area (Å²) in [6.45, 7) is 1.48. The monoisotopic (exact) mass is 291 g/mol. The molecule has 8 nitrogen and oxygen atoms in total. The minimum Gasteiger partial charge on any atom is -0.492 e. The number of nitrogens with zero attached hydrogens (tertiary/aromatic N) is 1. The summed E-state index contributed by atoms with van der Waals surface area (Å²) >= 11 is 5.13. The number of hydrogen-bond donors (Lipinski definition) is 2. The van der Waals surface area contributed by atoms with Crippen LogP contribution >= 0.6 is 11.6 Å². The minimum absolute atomic E-state index is 0.571. The molecule has 0 fully saturated rings. The standard InChI is InChI=1S/C10H10ClNO7/c1-4(13)18-7-8(19-5(2)14)10(17)12(9(7)16)3-6(11)15/h16-17H,3H2,1-2H3. The van der Waals surface area contributed by atoms with Gasteiger partial charge in [-0.15, -0.1) is 0 Å². The van der Waals surface area contributed by atoms with Crippen molar-refractivity contribution in [3.8, 4) is 23.3 Å². The first kappa shape index (κ1) is 14.8. The van der Waals surface area contributed by atoms with Gasteiger partial charge in [0.25, 0.3) is 0 Å². The van der Waals surface area contributed by atoms with Crippen LogP contribution < -0.4 is 9.47 Å². The lowest BCUT2D eigenvalue weighted by Gasteiger charge is -2.02. The van der Waals surface area contributed by atoms with Crippen molar-refractivity contribution >= 4 is 28.8 Å². The Hall–Kier alpha value is -2.22. The molecule has 0 amide bonds. The summed E-state index contributed by atoms with van der Waals surface area (Å²) in [6.07, 6.45) is 0. The molecule has 0 spiro atoms. The normalized spacial score (nSPS) is 10.1. The van der Waals surface area contributed by atoms with Crippen LogP contribution in [0.3, 0.4) is 0 Å². The number of aromatic nitrogens is 1. The van der Waals surface area contributed by atoms with E-state index in [1.807, 2.05) is 0 Å². The van der Waals surface area contributed by atoms with Gasteiger partial charge in [0.05, 0.1) is 0 Å². The highest BCUT2D eigenvalue weighted by Crippen LogP contribution is 2.47. The average Bonchev–Trinajstić information content (AvgIpc) is 2.44. The van der Waals surface area contributed by atoms with Gasteiger partial charge in [0, 0.05) is 13.8 Å². The van der Waals surface area contributed by atoms with Gasteiger partial charge in [-0.25, -0.2) is 0 Å². The van der Waals surface area contributed by atoms with E-state index in [0.29, 0.717) is 4.57 Å². The van der Waals surface area contributed by atoms with E-state index in [1.54, 1.807) is 0 Å². The molecule has 9 heteroatoms. The Morgan fingerprint density at radius 1 is 1.05 bits per heavy atom. The van der Waals surface area contributed by atoms with E-state index in [4.69, 9.17) is 11.6 Å². The molecule has 1 rings (SSSR count). The van der Waals surface area contributed by atoms with Crippen molar-refractivity contribution in [1.82, 2.24) is 4.57 Å². The van der Waals surface area contributed by atoms with Gasteiger partial charge >= 0.3 is 11.9 Å². The van der Waals surface area contributed by atoms with E-state index in [2.05, 4.69) is 9.47 Å². The third-order valence-electron chi connectivity index (χ3n) is 1.90. The summed E-state index contributed by atoms with van der Waals surface area (Å²) in [5.74, 6) is -4.32. The van der Waals surface area contributed by atoms with Crippen molar-refractivity contribution in [3.05, 3.63) is 0 Å². The summed E-state index contributed by atoms with van der Waals surface area (Å²) in [5.41, 5.74) is 0.